The lowest BCUT2D eigenvalue weighted by Gasteiger charge is -2.32. The number of halogens is 3. The molecule has 16 nitrogen and oxygen atoms in total. The molecule has 12 rings (SSSR count). The van der Waals surface area contributed by atoms with Gasteiger partial charge in [0.05, 0.1) is 53.0 Å². The molecule has 4 aromatic heterocycles. The fraction of sp³-hybridized carbons (Fsp3) is 0.368. The van der Waals surface area contributed by atoms with Crippen LogP contribution in [0.1, 0.15) is 40.8 Å². The largest absolute Gasteiger partial charge is 0.412 e. The molecule has 0 bridgehead atoms. The summed E-state index contributed by atoms with van der Waals surface area (Å²) in [6.07, 6.45) is 14.2. The Labute approximate surface area is 485 Å². The third-order valence-electron chi connectivity index (χ3n) is 14.6. The number of anilines is 2. The number of aryl methyl sites for hydroxylation is 4. The number of piperazine rings is 2. The second-order valence-electron chi connectivity index (χ2n) is 19.7. The van der Waals surface area contributed by atoms with Crippen molar-refractivity contribution in [2.75, 3.05) is 89.3 Å². The molecule has 0 spiro atoms. The van der Waals surface area contributed by atoms with E-state index in [1.165, 1.54) is 69.5 Å². The molecule has 23 heteroatoms. The van der Waals surface area contributed by atoms with Crippen LogP contribution in [-0.4, -0.2) is 142 Å². The highest BCUT2D eigenvalue weighted by molar-refractivity contribution is 8.22. The lowest BCUT2D eigenvalue weighted by atomic mass is 9.94. The van der Waals surface area contributed by atoms with Crippen LogP contribution in [0.25, 0.3) is 22.5 Å². The topological polar surface area (TPSA) is 187 Å². The average Bonchev–Trinajstić information content (AvgIpc) is 4.39. The third-order valence-corrected chi connectivity index (χ3v) is 20.3. The Hall–Kier alpha value is -5.63. The van der Waals surface area contributed by atoms with Gasteiger partial charge in [-0.3, -0.25) is 0 Å². The molecule has 8 aromatic rings. The molecule has 0 amide bonds. The van der Waals surface area contributed by atoms with Crippen molar-refractivity contribution < 1.29 is 28.2 Å². The minimum atomic E-state index is -3.64. The highest BCUT2D eigenvalue weighted by Gasteiger charge is 2.32. The quantitative estimate of drug-likeness (QED) is 0.116. The molecule has 5 N–H and O–H groups in total. The molecule has 0 atom stereocenters. The first-order valence-corrected chi connectivity index (χ1v) is 30.7. The van der Waals surface area contributed by atoms with Crippen LogP contribution in [0.3, 0.4) is 0 Å². The summed E-state index contributed by atoms with van der Waals surface area (Å²) in [4.78, 5) is 26.7. The van der Waals surface area contributed by atoms with Crippen LogP contribution < -0.4 is 15.1 Å². The standard InChI is InChI=1S/C28H31FN6O2S2.C20H20FN3.C8H12ClN3S2.CH4.2H2O/c1-32-13-15-33(16-14-32)28-31-18-27(38-28)39(36,37)35-12-10-24-22(19-35)3-2-4-25(24)26-17-30-20-34(26)11-9-21-5-7-23(29)8-6-21;21-17-6-4-15(5-7-17)9-11-24-14-23-13-20(24)19-3-1-2-16-12-22-10-8-18(16)19;1-11-2-4-12(5-3-11)8-10-6-7(13-8)14-9;;;/h2-8,17-18,20H,9-16,19H2,1H3;1-7,13-14,22H,8-12H2;6H,2-5H2,1H3;1H4;2*1H2. The summed E-state index contributed by atoms with van der Waals surface area (Å²) in [5.74, 6) is -0.425. The SMILES string of the molecule is C.CN1CCN(c2ncc(S(=O)(=O)N3CCc4c(cccc4-c4cncn4CCc4ccc(F)cc4)C3)s2)CC1.CN1CCN(c2ncc(SCl)s2)CC1.Fc1ccc(CCn2cncc2-c2cccc3c2CCNC3)cc1.O.O. The Morgan fingerprint density at radius 3 is 1.65 bits per heavy atom. The van der Waals surface area contributed by atoms with E-state index in [0.29, 0.717) is 30.3 Å². The summed E-state index contributed by atoms with van der Waals surface area (Å²) in [5, 5.41) is 5.30. The number of fused-ring (bicyclic) bond motifs is 2. The van der Waals surface area contributed by atoms with Gasteiger partial charge in [0, 0.05) is 96.2 Å². The maximum Gasteiger partial charge on any atom is 0.254 e. The number of imidazole rings is 2. The number of nitrogens with one attached hydrogen (secondary N) is 1. The molecule has 4 aliphatic heterocycles. The number of sulfonamides is 1. The molecule has 4 aromatic carbocycles. The zero-order valence-electron chi connectivity index (χ0n) is 44.3. The molecule has 80 heavy (non-hydrogen) atoms. The van der Waals surface area contributed by atoms with Crippen LogP contribution in [0.15, 0.2) is 131 Å². The minimum Gasteiger partial charge on any atom is -0.412 e. The summed E-state index contributed by atoms with van der Waals surface area (Å²) < 4.78 is 60.7. The molecule has 4 aliphatic rings. The van der Waals surface area contributed by atoms with Crippen molar-refractivity contribution in [2.45, 2.75) is 67.7 Å². The lowest BCUT2D eigenvalue weighted by Crippen LogP contribution is -2.44. The van der Waals surface area contributed by atoms with Gasteiger partial charge in [0.25, 0.3) is 10.0 Å². The van der Waals surface area contributed by atoms with Crippen molar-refractivity contribution >= 4 is 64.6 Å². The Balaban J connectivity index is 0.000000192. The van der Waals surface area contributed by atoms with Crippen LogP contribution >= 0.6 is 44.3 Å². The normalized spacial score (nSPS) is 15.7. The molecule has 428 valence electrons. The number of hydrogen-bond acceptors (Lipinski definition) is 14. The maximum atomic E-state index is 13.6. The summed E-state index contributed by atoms with van der Waals surface area (Å²) in [6.45, 7) is 12.2. The predicted molar refractivity (Wildman–Crippen MR) is 322 cm³/mol. The zero-order chi connectivity index (χ0) is 53.3. The van der Waals surface area contributed by atoms with Gasteiger partial charge in [-0.15, -0.1) is 0 Å². The van der Waals surface area contributed by atoms with Crippen LogP contribution in [0.2, 0.25) is 0 Å². The van der Waals surface area contributed by atoms with Gasteiger partial charge < -0.3 is 45.0 Å². The average molecular weight is 1190 g/mol. The number of likely N-dealkylation sites (N-methyl/N-ethyl adjacent to an activating group) is 2. The molecule has 0 radical (unpaired) electrons. The summed E-state index contributed by atoms with van der Waals surface area (Å²) >= 11 is 2.93. The van der Waals surface area contributed by atoms with E-state index in [1.807, 2.05) is 67.6 Å². The summed E-state index contributed by atoms with van der Waals surface area (Å²) in [7, 11) is 7.51. The fourth-order valence-electron chi connectivity index (χ4n) is 10.1. The first-order valence-electron chi connectivity index (χ1n) is 26.0. The van der Waals surface area contributed by atoms with Crippen molar-refractivity contribution in [1.82, 2.24) is 48.5 Å². The number of hydrogen-bond donors (Lipinski definition) is 1. The lowest BCUT2D eigenvalue weighted by molar-refractivity contribution is 0.313. The van der Waals surface area contributed by atoms with E-state index >= 15 is 0 Å². The Morgan fingerprint density at radius 1 is 0.625 bits per heavy atom. The van der Waals surface area contributed by atoms with Gasteiger partial charge >= 0.3 is 0 Å². The molecule has 0 unspecified atom stereocenters. The maximum absolute atomic E-state index is 13.6. The zero-order valence-corrected chi connectivity index (χ0v) is 48.3. The van der Waals surface area contributed by atoms with E-state index in [9.17, 15) is 17.2 Å². The second kappa shape index (κ2) is 28.9. The fourth-order valence-corrected chi connectivity index (χ4v) is 14.4. The smallest absolute Gasteiger partial charge is 0.254 e. The van der Waals surface area contributed by atoms with E-state index in [1.54, 1.807) is 15.6 Å². The van der Waals surface area contributed by atoms with E-state index < -0.39 is 10.0 Å². The summed E-state index contributed by atoms with van der Waals surface area (Å²) in [6, 6.07) is 25.9. The van der Waals surface area contributed by atoms with Crippen molar-refractivity contribution in [3.8, 4) is 22.5 Å². The highest BCUT2D eigenvalue weighted by atomic mass is 35.7. The Bertz CT molecular complexity index is 3330. The first-order chi connectivity index (χ1) is 37.5. The van der Waals surface area contributed by atoms with E-state index in [-0.39, 0.29) is 30.0 Å². The van der Waals surface area contributed by atoms with Crippen molar-refractivity contribution in [3.63, 3.8) is 0 Å². The Kier molecular flexibility index (Phi) is 22.4. The number of nitrogens with zero attached hydrogens (tertiary/aromatic N) is 11. The van der Waals surface area contributed by atoms with E-state index in [0.717, 1.165) is 145 Å². The molecule has 8 heterocycles. The van der Waals surface area contributed by atoms with Gasteiger partial charge in [-0.25, -0.2) is 37.1 Å². The van der Waals surface area contributed by atoms with Crippen molar-refractivity contribution in [3.05, 3.63) is 167 Å². The Morgan fingerprint density at radius 2 is 1.12 bits per heavy atom. The van der Waals surface area contributed by atoms with Gasteiger partial charge in [-0.2, -0.15) is 4.31 Å². The van der Waals surface area contributed by atoms with Crippen LogP contribution in [0, 0.1) is 11.6 Å². The molecule has 2 fully saturated rings. The third kappa shape index (κ3) is 15.1. The molecule has 0 aliphatic carbocycles. The highest BCUT2D eigenvalue weighted by Crippen LogP contribution is 2.36. The second-order valence-corrected chi connectivity index (χ2v) is 25.2. The van der Waals surface area contributed by atoms with Gasteiger partial charge in [0.1, 0.15) is 11.6 Å². The molecule has 2 saturated heterocycles. The summed E-state index contributed by atoms with van der Waals surface area (Å²) in [5.41, 5.74) is 11.7. The minimum absolute atomic E-state index is 0. The van der Waals surface area contributed by atoms with Crippen LogP contribution in [0.5, 0.6) is 0 Å². The van der Waals surface area contributed by atoms with Crippen molar-refractivity contribution in [2.24, 2.45) is 0 Å². The van der Waals surface area contributed by atoms with Crippen LogP contribution in [0.4, 0.5) is 19.0 Å². The number of thiazole rings is 2. The molecular weight excluding hydrogens is 1120 g/mol. The van der Waals surface area contributed by atoms with Gasteiger partial charge in [0.15, 0.2) is 14.5 Å². The van der Waals surface area contributed by atoms with Crippen LogP contribution in [-0.2, 0) is 61.9 Å². The first kappa shape index (κ1) is 62.0. The van der Waals surface area contributed by atoms with Gasteiger partial charge in [-0.05, 0) is 126 Å². The number of rotatable bonds is 13. The molecular formula is C57H71ClF2N12O4S4. The van der Waals surface area contributed by atoms with Crippen molar-refractivity contribution in [1.29, 1.82) is 0 Å². The number of benzene rings is 4. The predicted octanol–water partition coefficient (Wildman–Crippen LogP) is 8.59. The van der Waals surface area contributed by atoms with Gasteiger partial charge in [0.2, 0.25) is 0 Å². The molecule has 0 saturated carbocycles. The van der Waals surface area contributed by atoms with E-state index in [4.69, 9.17) is 10.7 Å². The van der Waals surface area contributed by atoms with E-state index in [2.05, 4.69) is 92.3 Å². The van der Waals surface area contributed by atoms with Gasteiger partial charge in [-0.1, -0.05) is 90.8 Å². The monoisotopic (exact) mass is 1190 g/mol. The number of aromatic nitrogens is 6.